The maximum atomic E-state index is 11.5. The molecule has 2 unspecified atom stereocenters. The van der Waals surface area contributed by atoms with Crippen LogP contribution in [0.2, 0.25) is 0 Å². The molecule has 13 heavy (non-hydrogen) atoms. The van der Waals surface area contributed by atoms with Gasteiger partial charge in [0, 0.05) is 6.04 Å². The van der Waals surface area contributed by atoms with Gasteiger partial charge >= 0.3 is 0 Å². The third-order valence-corrected chi connectivity index (χ3v) is 3.59. The summed E-state index contributed by atoms with van der Waals surface area (Å²) in [5.41, 5.74) is 0. The zero-order valence-corrected chi connectivity index (χ0v) is 10.3. The van der Waals surface area contributed by atoms with Crippen LogP contribution in [-0.4, -0.2) is 31.3 Å². The van der Waals surface area contributed by atoms with Crippen LogP contribution >= 0.6 is 7.95 Å². The van der Waals surface area contributed by atoms with Crippen LogP contribution < -0.4 is 5.09 Å². The van der Waals surface area contributed by atoms with Crippen LogP contribution in [0.5, 0.6) is 0 Å². The normalized spacial score (nSPS) is 16.1. The van der Waals surface area contributed by atoms with E-state index in [0.29, 0.717) is 12.3 Å². The second-order valence-corrected chi connectivity index (χ2v) is 5.30. The summed E-state index contributed by atoms with van der Waals surface area (Å²) >= 11 is 0. The Balaban J connectivity index is 3.53. The van der Waals surface area contributed by atoms with E-state index in [1.165, 1.54) is 12.8 Å². The van der Waals surface area contributed by atoms with E-state index in [9.17, 15) is 4.57 Å². The van der Waals surface area contributed by atoms with Gasteiger partial charge in [-0.2, -0.15) is 0 Å². The van der Waals surface area contributed by atoms with Gasteiger partial charge in [0.1, 0.15) is 7.95 Å². The molecule has 2 atom stereocenters. The summed E-state index contributed by atoms with van der Waals surface area (Å²) in [6.07, 6.45) is 4.22. The Bertz CT molecular complexity index is 151. The van der Waals surface area contributed by atoms with Gasteiger partial charge in [-0.1, -0.05) is 19.8 Å². The highest BCUT2D eigenvalue weighted by atomic mass is 31.1. The van der Waals surface area contributed by atoms with Crippen LogP contribution in [0.3, 0.4) is 0 Å². The Morgan fingerprint density at radius 2 is 2.08 bits per heavy atom. The highest BCUT2D eigenvalue weighted by Crippen LogP contribution is 2.17. The molecule has 1 N–H and O–H groups in total. The quantitative estimate of drug-likeness (QED) is 0.648. The van der Waals surface area contributed by atoms with Gasteiger partial charge in [-0.15, -0.1) is 0 Å². The van der Waals surface area contributed by atoms with Crippen molar-refractivity contribution >= 4 is 7.95 Å². The number of rotatable bonds is 7. The average molecular weight is 206 g/mol. The molecule has 0 aromatic heterocycles. The van der Waals surface area contributed by atoms with Gasteiger partial charge in [0.05, 0.1) is 6.29 Å². The fourth-order valence-electron chi connectivity index (χ4n) is 1.19. The smallest absolute Gasteiger partial charge is 0.149 e. The van der Waals surface area contributed by atoms with E-state index < -0.39 is 7.95 Å². The fraction of sp³-hybridized carbons (Fsp3) is 1.00. The van der Waals surface area contributed by atoms with Crippen molar-refractivity contribution in [3.63, 3.8) is 0 Å². The highest BCUT2D eigenvalue weighted by molar-refractivity contribution is 7.42. The lowest BCUT2D eigenvalue weighted by Gasteiger charge is -2.15. The average Bonchev–Trinajstić information content (AvgIpc) is 1.98. The molecule has 0 aliphatic rings. The van der Waals surface area contributed by atoms with Crippen molar-refractivity contribution in [3.05, 3.63) is 0 Å². The molecule has 0 saturated carbocycles. The van der Waals surface area contributed by atoms with Gasteiger partial charge < -0.3 is 9.46 Å². The zero-order valence-electron chi connectivity index (χ0n) is 9.26. The summed E-state index contributed by atoms with van der Waals surface area (Å²) in [4.78, 5) is 1.96. The van der Waals surface area contributed by atoms with Crippen LogP contribution in [-0.2, 0) is 4.57 Å². The second kappa shape index (κ2) is 7.54. The van der Waals surface area contributed by atoms with Crippen LogP contribution in [0.25, 0.3) is 0 Å². The van der Waals surface area contributed by atoms with E-state index in [1.54, 1.807) is 0 Å². The van der Waals surface area contributed by atoms with Crippen LogP contribution in [0, 0.1) is 0 Å². The Morgan fingerprint density at radius 1 is 1.46 bits per heavy atom. The molecule has 4 heteroatoms. The molecule has 0 aromatic carbocycles. The minimum atomic E-state index is -1.59. The first-order valence-electron chi connectivity index (χ1n) is 5.00. The van der Waals surface area contributed by atoms with E-state index in [2.05, 4.69) is 18.9 Å². The molecular weight excluding hydrogens is 183 g/mol. The topological polar surface area (TPSA) is 32.3 Å². The van der Waals surface area contributed by atoms with E-state index in [0.717, 1.165) is 6.42 Å². The van der Waals surface area contributed by atoms with Crippen LogP contribution in [0.15, 0.2) is 0 Å². The zero-order chi connectivity index (χ0) is 10.3. The molecule has 3 nitrogen and oxygen atoms in total. The molecule has 0 aliphatic carbocycles. The van der Waals surface area contributed by atoms with Gasteiger partial charge in [-0.3, -0.25) is 5.09 Å². The molecule has 80 valence electrons. The predicted molar refractivity (Wildman–Crippen MR) is 59.7 cm³/mol. The maximum absolute atomic E-state index is 11.5. The number of unbranched alkanes of at least 4 members (excludes halogenated alkanes) is 1. The highest BCUT2D eigenvalue weighted by Gasteiger charge is 2.05. The SMILES string of the molecule is CCCCC(C)N[PH](=O)CN(C)C. The Hall–Kier alpha value is 0.150. The van der Waals surface area contributed by atoms with Gasteiger partial charge in [-0.25, -0.2) is 0 Å². The first-order chi connectivity index (χ1) is 6.06. The van der Waals surface area contributed by atoms with Crippen molar-refractivity contribution in [2.45, 2.75) is 39.2 Å². The van der Waals surface area contributed by atoms with Crippen molar-refractivity contribution in [2.75, 3.05) is 20.4 Å². The molecule has 0 amide bonds. The van der Waals surface area contributed by atoms with E-state index >= 15 is 0 Å². The largest absolute Gasteiger partial charge is 0.309 e. The monoisotopic (exact) mass is 206 g/mol. The second-order valence-electron chi connectivity index (χ2n) is 3.85. The van der Waals surface area contributed by atoms with Crippen LogP contribution in [0.1, 0.15) is 33.1 Å². The number of hydrogen-bond acceptors (Lipinski definition) is 2. The molecular formula is C9H23N2OP. The molecule has 0 aliphatic heterocycles. The summed E-state index contributed by atoms with van der Waals surface area (Å²) in [6, 6.07) is 0.395. The van der Waals surface area contributed by atoms with Crippen molar-refractivity contribution in [1.29, 1.82) is 0 Å². The van der Waals surface area contributed by atoms with Crippen molar-refractivity contribution in [1.82, 2.24) is 9.99 Å². The third-order valence-electron chi connectivity index (χ3n) is 1.86. The van der Waals surface area contributed by atoms with E-state index in [-0.39, 0.29) is 0 Å². The molecule has 0 radical (unpaired) electrons. The molecule has 0 aromatic rings. The van der Waals surface area contributed by atoms with Gasteiger partial charge in [0.15, 0.2) is 0 Å². The van der Waals surface area contributed by atoms with Gasteiger partial charge in [0.25, 0.3) is 0 Å². The molecule has 0 saturated heterocycles. The van der Waals surface area contributed by atoms with Crippen molar-refractivity contribution < 1.29 is 4.57 Å². The lowest BCUT2D eigenvalue weighted by molar-refractivity contribution is 0.458. The van der Waals surface area contributed by atoms with Gasteiger partial charge in [0.2, 0.25) is 0 Å². The standard InChI is InChI=1S/C9H23N2OP/c1-5-6-7-9(2)10-13(12)8-11(3)4/h9,13H,5-8H2,1-4H3,(H,10,12). The number of nitrogens with zero attached hydrogens (tertiary/aromatic N) is 1. The number of nitrogens with one attached hydrogen (secondary N) is 1. The summed E-state index contributed by atoms with van der Waals surface area (Å²) < 4.78 is 11.5. The van der Waals surface area contributed by atoms with Crippen molar-refractivity contribution in [2.24, 2.45) is 0 Å². The Labute approximate surface area is 82.7 Å². The minimum Gasteiger partial charge on any atom is -0.309 e. The van der Waals surface area contributed by atoms with Crippen molar-refractivity contribution in [3.8, 4) is 0 Å². The molecule has 0 fully saturated rings. The molecule has 0 rings (SSSR count). The molecule has 0 spiro atoms. The third kappa shape index (κ3) is 8.48. The van der Waals surface area contributed by atoms with E-state index in [4.69, 9.17) is 0 Å². The molecule has 0 heterocycles. The van der Waals surface area contributed by atoms with Crippen LogP contribution in [0.4, 0.5) is 0 Å². The summed E-state index contributed by atoms with van der Waals surface area (Å²) in [6.45, 7) is 4.28. The Kier molecular flexibility index (Phi) is 7.63. The first kappa shape index (κ1) is 13.2. The summed E-state index contributed by atoms with van der Waals surface area (Å²) in [5.74, 6) is 0. The minimum absolute atomic E-state index is 0.395. The lowest BCUT2D eigenvalue weighted by Crippen LogP contribution is -2.22. The summed E-state index contributed by atoms with van der Waals surface area (Å²) in [5, 5.41) is 3.15. The fourth-order valence-corrected chi connectivity index (χ4v) is 2.55. The van der Waals surface area contributed by atoms with Gasteiger partial charge in [-0.05, 0) is 27.4 Å². The Morgan fingerprint density at radius 3 is 2.54 bits per heavy atom. The number of hydrogen-bond donors (Lipinski definition) is 1. The molecule has 0 bridgehead atoms. The van der Waals surface area contributed by atoms with E-state index in [1.807, 2.05) is 19.0 Å². The lowest BCUT2D eigenvalue weighted by atomic mass is 10.2. The predicted octanol–water partition coefficient (Wildman–Crippen LogP) is 2.15. The summed E-state index contributed by atoms with van der Waals surface area (Å²) in [7, 11) is 2.30. The first-order valence-corrected chi connectivity index (χ1v) is 6.62. The maximum Gasteiger partial charge on any atom is 0.149 e.